The Labute approximate surface area is 143 Å². The van der Waals surface area contributed by atoms with Gasteiger partial charge in [-0.05, 0) is 30.7 Å². The van der Waals surface area contributed by atoms with Gasteiger partial charge in [0.15, 0.2) is 5.82 Å². The Hall–Kier alpha value is -2.57. The number of hydrogen-bond donors (Lipinski definition) is 2. The molecule has 4 aromatic rings. The average Bonchev–Trinajstić information content (AvgIpc) is 3.05. The van der Waals surface area contributed by atoms with Gasteiger partial charge in [-0.25, -0.2) is 15.0 Å². The maximum atomic E-state index is 9.01. The molecule has 0 spiro atoms. The number of fused-ring (bicyclic) bond motifs is 2. The van der Waals surface area contributed by atoms with Crippen LogP contribution in [-0.2, 0) is 0 Å². The summed E-state index contributed by atoms with van der Waals surface area (Å²) in [6, 6.07) is 15.9. The Morgan fingerprint density at radius 2 is 1.58 bits per heavy atom. The zero-order valence-corrected chi connectivity index (χ0v) is 13.8. The number of benzene rings is 2. The van der Waals surface area contributed by atoms with E-state index in [4.69, 9.17) is 20.1 Å². The van der Waals surface area contributed by atoms with Crippen molar-refractivity contribution in [2.24, 2.45) is 0 Å². The van der Waals surface area contributed by atoms with E-state index in [0.29, 0.717) is 18.8 Å². The number of nitrogens with zero attached hydrogens (tertiary/aromatic N) is 3. The lowest BCUT2D eigenvalue weighted by atomic mass is 10.3. The highest BCUT2D eigenvalue weighted by Crippen LogP contribution is 2.33. The fourth-order valence-corrected chi connectivity index (χ4v) is 3.49. The predicted molar refractivity (Wildman–Crippen MR) is 98.3 cm³/mol. The van der Waals surface area contributed by atoms with Crippen molar-refractivity contribution in [3.63, 3.8) is 0 Å². The number of rotatable bonds is 5. The molecule has 0 aliphatic rings. The van der Waals surface area contributed by atoms with Crippen molar-refractivity contribution in [1.29, 1.82) is 0 Å². The molecule has 2 heterocycles. The smallest absolute Gasteiger partial charge is 0.155 e. The quantitative estimate of drug-likeness (QED) is 0.544. The van der Waals surface area contributed by atoms with Crippen molar-refractivity contribution in [1.82, 2.24) is 15.0 Å². The van der Waals surface area contributed by atoms with E-state index in [9.17, 15) is 0 Å². The first kappa shape index (κ1) is 15.0. The summed E-state index contributed by atoms with van der Waals surface area (Å²) in [6.07, 6.45) is 0.661. The predicted octanol–water partition coefficient (Wildman–Crippen LogP) is 3.70. The van der Waals surface area contributed by atoms with E-state index in [-0.39, 0.29) is 6.61 Å². The molecule has 0 saturated carbocycles. The zero-order valence-electron chi connectivity index (χ0n) is 12.9. The molecule has 6 heteroatoms. The van der Waals surface area contributed by atoms with Crippen LogP contribution < -0.4 is 5.32 Å². The number of thiazole rings is 1. The minimum absolute atomic E-state index is 0.143. The SMILES string of the molecule is OCCCNc1nc2ccccc2nc1-c1nc2ccccc2s1. The topological polar surface area (TPSA) is 70.9 Å². The van der Waals surface area contributed by atoms with E-state index in [1.54, 1.807) is 11.3 Å². The second kappa shape index (κ2) is 6.51. The van der Waals surface area contributed by atoms with Gasteiger partial charge in [0.25, 0.3) is 0 Å². The van der Waals surface area contributed by atoms with E-state index in [2.05, 4.69) is 11.4 Å². The third kappa shape index (κ3) is 2.81. The maximum Gasteiger partial charge on any atom is 0.155 e. The Morgan fingerprint density at radius 3 is 2.33 bits per heavy atom. The molecule has 0 aliphatic carbocycles. The van der Waals surface area contributed by atoms with Crippen molar-refractivity contribution < 1.29 is 5.11 Å². The second-order valence-corrected chi connectivity index (χ2v) is 6.43. The Balaban J connectivity index is 1.85. The van der Waals surface area contributed by atoms with Gasteiger partial charge in [-0.1, -0.05) is 24.3 Å². The molecule has 0 bridgehead atoms. The number of aliphatic hydroxyl groups is 1. The largest absolute Gasteiger partial charge is 0.396 e. The summed E-state index contributed by atoms with van der Waals surface area (Å²) in [6.45, 7) is 0.784. The van der Waals surface area contributed by atoms with Crippen LogP contribution in [0.25, 0.3) is 32.0 Å². The van der Waals surface area contributed by atoms with Crippen molar-refractivity contribution in [3.8, 4) is 10.7 Å². The van der Waals surface area contributed by atoms with Crippen LogP contribution in [-0.4, -0.2) is 33.2 Å². The van der Waals surface area contributed by atoms with Crippen molar-refractivity contribution in [2.75, 3.05) is 18.5 Å². The highest BCUT2D eigenvalue weighted by molar-refractivity contribution is 7.21. The minimum atomic E-state index is 0.143. The third-order valence-electron chi connectivity index (χ3n) is 3.69. The van der Waals surface area contributed by atoms with Crippen LogP contribution in [0.5, 0.6) is 0 Å². The molecule has 0 saturated heterocycles. The molecule has 0 radical (unpaired) electrons. The molecular formula is C18H16N4OS. The molecule has 4 rings (SSSR count). The summed E-state index contributed by atoms with van der Waals surface area (Å²) in [4.78, 5) is 14.2. The monoisotopic (exact) mass is 336 g/mol. The lowest BCUT2D eigenvalue weighted by Crippen LogP contribution is -2.07. The van der Waals surface area contributed by atoms with E-state index in [1.165, 1.54) is 0 Å². The second-order valence-electron chi connectivity index (χ2n) is 5.40. The fourth-order valence-electron chi connectivity index (χ4n) is 2.53. The fraction of sp³-hybridized carbons (Fsp3) is 0.167. The van der Waals surface area contributed by atoms with Crippen LogP contribution in [0.4, 0.5) is 5.82 Å². The van der Waals surface area contributed by atoms with Crippen molar-refractivity contribution in [3.05, 3.63) is 48.5 Å². The summed E-state index contributed by atoms with van der Waals surface area (Å²) in [7, 11) is 0. The van der Waals surface area contributed by atoms with Gasteiger partial charge in [0.1, 0.15) is 10.7 Å². The van der Waals surface area contributed by atoms with Crippen molar-refractivity contribution in [2.45, 2.75) is 6.42 Å². The number of hydrogen-bond acceptors (Lipinski definition) is 6. The first-order valence-electron chi connectivity index (χ1n) is 7.82. The Bertz CT molecular complexity index is 966. The molecular weight excluding hydrogens is 320 g/mol. The Morgan fingerprint density at radius 1 is 0.875 bits per heavy atom. The van der Waals surface area contributed by atoms with Crippen LogP contribution >= 0.6 is 11.3 Å². The van der Waals surface area contributed by atoms with Crippen LogP contribution in [0.1, 0.15) is 6.42 Å². The van der Waals surface area contributed by atoms with Crippen LogP contribution in [0.2, 0.25) is 0 Å². The number of aliphatic hydroxyl groups excluding tert-OH is 1. The van der Waals surface area contributed by atoms with Gasteiger partial charge in [0.05, 0.1) is 21.3 Å². The van der Waals surface area contributed by atoms with Gasteiger partial charge < -0.3 is 10.4 Å². The molecule has 0 aliphatic heterocycles. The van der Waals surface area contributed by atoms with Gasteiger partial charge in [-0.2, -0.15) is 0 Å². The Kier molecular flexibility index (Phi) is 4.06. The number of para-hydroxylation sites is 3. The van der Waals surface area contributed by atoms with Gasteiger partial charge in [-0.3, -0.25) is 0 Å². The van der Waals surface area contributed by atoms with Crippen LogP contribution in [0, 0.1) is 0 Å². The van der Waals surface area contributed by atoms with E-state index >= 15 is 0 Å². The molecule has 0 amide bonds. The minimum Gasteiger partial charge on any atom is -0.396 e. The summed E-state index contributed by atoms with van der Waals surface area (Å²) in [5.74, 6) is 0.709. The third-order valence-corrected chi connectivity index (χ3v) is 4.74. The van der Waals surface area contributed by atoms with Crippen molar-refractivity contribution >= 4 is 38.4 Å². The van der Waals surface area contributed by atoms with E-state index in [0.717, 1.165) is 32.0 Å². The number of nitrogens with one attached hydrogen (secondary N) is 1. The molecule has 24 heavy (non-hydrogen) atoms. The maximum absolute atomic E-state index is 9.01. The first-order valence-corrected chi connectivity index (χ1v) is 8.64. The summed E-state index contributed by atoms with van der Waals surface area (Å²) in [5, 5.41) is 13.1. The lowest BCUT2D eigenvalue weighted by molar-refractivity contribution is 0.292. The van der Waals surface area contributed by atoms with Gasteiger partial charge in [0, 0.05) is 13.2 Å². The highest BCUT2D eigenvalue weighted by atomic mass is 32.1. The van der Waals surface area contributed by atoms with Crippen LogP contribution in [0.15, 0.2) is 48.5 Å². The summed E-state index contributed by atoms with van der Waals surface area (Å²) in [5.41, 5.74) is 3.41. The lowest BCUT2D eigenvalue weighted by Gasteiger charge is -2.09. The molecule has 0 unspecified atom stereocenters. The molecule has 0 fully saturated rings. The first-order chi connectivity index (χ1) is 11.8. The average molecular weight is 336 g/mol. The van der Waals surface area contributed by atoms with Gasteiger partial charge >= 0.3 is 0 Å². The normalized spacial score (nSPS) is 11.2. The van der Waals surface area contributed by atoms with Crippen LogP contribution in [0.3, 0.4) is 0 Å². The molecule has 2 aromatic heterocycles. The van der Waals surface area contributed by atoms with Gasteiger partial charge in [-0.15, -0.1) is 11.3 Å². The summed E-state index contributed by atoms with van der Waals surface area (Å²) < 4.78 is 1.13. The number of anilines is 1. The molecule has 0 atom stereocenters. The van der Waals surface area contributed by atoms with E-state index < -0.39 is 0 Å². The standard InChI is InChI=1S/C18H16N4OS/c23-11-5-10-19-17-16(20-12-6-1-2-7-13(12)21-17)18-22-14-8-3-4-9-15(14)24-18/h1-4,6-9,23H,5,10-11H2,(H,19,21). The number of aromatic nitrogens is 3. The summed E-state index contributed by atoms with van der Waals surface area (Å²) >= 11 is 1.61. The highest BCUT2D eigenvalue weighted by Gasteiger charge is 2.15. The molecule has 2 N–H and O–H groups in total. The van der Waals surface area contributed by atoms with Gasteiger partial charge in [0.2, 0.25) is 0 Å². The molecule has 2 aromatic carbocycles. The zero-order chi connectivity index (χ0) is 16.4. The molecule has 5 nitrogen and oxygen atoms in total. The van der Waals surface area contributed by atoms with E-state index in [1.807, 2.05) is 42.5 Å². The molecule has 120 valence electrons.